The van der Waals surface area contributed by atoms with Gasteiger partial charge in [0, 0.05) is 31.5 Å². The smallest absolute Gasteiger partial charge is 0.242 e. The van der Waals surface area contributed by atoms with E-state index in [1.54, 1.807) is 6.20 Å². The Morgan fingerprint density at radius 3 is 2.88 bits per heavy atom. The van der Waals surface area contributed by atoms with Gasteiger partial charge in [-0.2, -0.15) is 0 Å². The zero-order valence-electron chi connectivity index (χ0n) is 13.4. The normalized spacial score (nSPS) is 16.6. The molecule has 0 radical (unpaired) electrons. The maximum absolute atomic E-state index is 12.5. The highest BCUT2D eigenvalue weighted by Gasteiger charge is 2.26. The molecule has 0 saturated carbocycles. The number of amides is 1. The number of fused-ring (bicyclic) bond motifs is 1. The Balaban J connectivity index is 1.43. The number of piperazine rings is 1. The number of hydrogen-bond donors (Lipinski definition) is 0. The predicted molar refractivity (Wildman–Crippen MR) is 87.0 cm³/mol. The van der Waals surface area contributed by atoms with Gasteiger partial charge in [-0.05, 0) is 30.7 Å². The van der Waals surface area contributed by atoms with Crippen LogP contribution in [-0.2, 0) is 11.3 Å². The SMILES string of the molecule is Cc1ccnc(N2CCN(Cc3ccc4c(c3)OCO4)C(=O)C2)n1. The number of aromatic nitrogens is 2. The van der Waals surface area contributed by atoms with Gasteiger partial charge >= 0.3 is 0 Å². The lowest BCUT2D eigenvalue weighted by molar-refractivity contribution is -0.131. The van der Waals surface area contributed by atoms with Gasteiger partial charge < -0.3 is 19.3 Å². The van der Waals surface area contributed by atoms with Crippen molar-refractivity contribution in [1.29, 1.82) is 0 Å². The molecule has 0 N–H and O–H groups in total. The third kappa shape index (κ3) is 2.84. The molecule has 24 heavy (non-hydrogen) atoms. The van der Waals surface area contributed by atoms with Crippen LogP contribution in [0.3, 0.4) is 0 Å². The van der Waals surface area contributed by atoms with Crippen molar-refractivity contribution in [2.75, 3.05) is 31.3 Å². The average Bonchev–Trinajstić information content (AvgIpc) is 3.04. The quantitative estimate of drug-likeness (QED) is 0.848. The van der Waals surface area contributed by atoms with E-state index in [2.05, 4.69) is 9.97 Å². The zero-order chi connectivity index (χ0) is 16.5. The summed E-state index contributed by atoms with van der Waals surface area (Å²) in [7, 11) is 0. The van der Waals surface area contributed by atoms with Gasteiger partial charge in [-0.3, -0.25) is 4.79 Å². The first-order chi connectivity index (χ1) is 11.7. The van der Waals surface area contributed by atoms with Gasteiger partial charge in [-0.1, -0.05) is 6.07 Å². The summed E-state index contributed by atoms with van der Waals surface area (Å²) in [6, 6.07) is 7.64. The van der Waals surface area contributed by atoms with Crippen LogP contribution in [0.25, 0.3) is 0 Å². The standard InChI is InChI=1S/C17H18N4O3/c1-12-4-5-18-17(19-12)21-7-6-20(16(22)10-21)9-13-2-3-14-15(8-13)24-11-23-14/h2-5,8H,6-7,9-11H2,1H3. The van der Waals surface area contributed by atoms with Crippen LogP contribution in [0.2, 0.25) is 0 Å². The second-order valence-corrected chi connectivity index (χ2v) is 5.92. The molecular formula is C17H18N4O3. The second-order valence-electron chi connectivity index (χ2n) is 5.92. The maximum atomic E-state index is 12.5. The first-order valence-electron chi connectivity index (χ1n) is 7.90. The molecule has 1 saturated heterocycles. The van der Waals surface area contributed by atoms with Gasteiger partial charge in [0.2, 0.25) is 18.6 Å². The Labute approximate surface area is 139 Å². The summed E-state index contributed by atoms with van der Waals surface area (Å²) in [5, 5.41) is 0. The highest BCUT2D eigenvalue weighted by atomic mass is 16.7. The number of rotatable bonds is 3. The summed E-state index contributed by atoms with van der Waals surface area (Å²) in [4.78, 5) is 24.9. The fourth-order valence-corrected chi connectivity index (χ4v) is 2.89. The van der Waals surface area contributed by atoms with E-state index in [-0.39, 0.29) is 12.7 Å². The van der Waals surface area contributed by atoms with Crippen molar-refractivity contribution in [3.63, 3.8) is 0 Å². The molecule has 1 amide bonds. The lowest BCUT2D eigenvalue weighted by Gasteiger charge is -2.34. The Hall–Kier alpha value is -2.83. The van der Waals surface area contributed by atoms with Crippen molar-refractivity contribution in [2.24, 2.45) is 0 Å². The third-order valence-electron chi connectivity index (χ3n) is 4.19. The summed E-state index contributed by atoms with van der Waals surface area (Å²) in [6.45, 7) is 4.41. The number of anilines is 1. The molecule has 4 rings (SSSR count). The molecule has 0 unspecified atom stereocenters. The van der Waals surface area contributed by atoms with Crippen LogP contribution in [-0.4, -0.2) is 47.2 Å². The Morgan fingerprint density at radius 2 is 2.04 bits per heavy atom. The van der Waals surface area contributed by atoms with E-state index in [0.717, 1.165) is 29.3 Å². The minimum Gasteiger partial charge on any atom is -0.454 e. The van der Waals surface area contributed by atoms with Gasteiger partial charge in [0.15, 0.2) is 11.5 Å². The van der Waals surface area contributed by atoms with Crippen LogP contribution < -0.4 is 14.4 Å². The molecule has 0 aliphatic carbocycles. The predicted octanol–water partition coefficient (Wildman–Crippen LogP) is 1.36. The summed E-state index contributed by atoms with van der Waals surface area (Å²) in [6.07, 6.45) is 1.72. The van der Waals surface area contributed by atoms with Crippen molar-refractivity contribution >= 4 is 11.9 Å². The minimum absolute atomic E-state index is 0.0732. The molecule has 7 nitrogen and oxygen atoms in total. The van der Waals surface area contributed by atoms with Gasteiger partial charge in [-0.15, -0.1) is 0 Å². The Morgan fingerprint density at radius 1 is 1.17 bits per heavy atom. The van der Waals surface area contributed by atoms with E-state index in [1.165, 1.54) is 0 Å². The molecule has 2 aliphatic rings. The highest BCUT2D eigenvalue weighted by Crippen LogP contribution is 2.32. The molecular weight excluding hydrogens is 308 g/mol. The molecule has 2 aliphatic heterocycles. The summed E-state index contributed by atoms with van der Waals surface area (Å²) < 4.78 is 10.7. The molecule has 2 aromatic rings. The number of benzene rings is 1. The minimum atomic E-state index is 0.0732. The molecule has 1 fully saturated rings. The van der Waals surface area contributed by atoms with Crippen molar-refractivity contribution < 1.29 is 14.3 Å². The van der Waals surface area contributed by atoms with E-state index in [1.807, 2.05) is 41.0 Å². The van der Waals surface area contributed by atoms with Gasteiger partial charge in [0.25, 0.3) is 0 Å². The number of carbonyl (C=O) groups excluding carboxylic acids is 1. The lowest BCUT2D eigenvalue weighted by Crippen LogP contribution is -2.50. The molecule has 1 aromatic carbocycles. The van der Waals surface area contributed by atoms with Crippen LogP contribution in [0.4, 0.5) is 5.95 Å². The fourth-order valence-electron chi connectivity index (χ4n) is 2.89. The monoisotopic (exact) mass is 326 g/mol. The van der Waals surface area contributed by atoms with Crippen LogP contribution in [0.1, 0.15) is 11.3 Å². The van der Waals surface area contributed by atoms with Crippen LogP contribution in [0.5, 0.6) is 11.5 Å². The van der Waals surface area contributed by atoms with Crippen molar-refractivity contribution in [3.05, 3.63) is 41.7 Å². The van der Waals surface area contributed by atoms with Crippen molar-refractivity contribution in [3.8, 4) is 11.5 Å². The molecule has 124 valence electrons. The highest BCUT2D eigenvalue weighted by molar-refractivity contribution is 5.82. The van der Waals surface area contributed by atoms with Gasteiger partial charge in [0.1, 0.15) is 6.54 Å². The second kappa shape index (κ2) is 5.99. The molecule has 0 atom stereocenters. The maximum Gasteiger partial charge on any atom is 0.242 e. The van der Waals surface area contributed by atoms with Crippen LogP contribution in [0.15, 0.2) is 30.5 Å². The van der Waals surface area contributed by atoms with E-state index < -0.39 is 0 Å². The number of hydrogen-bond acceptors (Lipinski definition) is 6. The largest absolute Gasteiger partial charge is 0.454 e. The fraction of sp³-hybridized carbons (Fsp3) is 0.353. The summed E-state index contributed by atoms with van der Waals surface area (Å²) in [5.41, 5.74) is 1.93. The number of ether oxygens (including phenoxy) is 2. The Kier molecular flexibility index (Phi) is 3.68. The average molecular weight is 326 g/mol. The molecule has 7 heteroatoms. The molecule has 0 spiro atoms. The van der Waals surface area contributed by atoms with Crippen molar-refractivity contribution in [2.45, 2.75) is 13.5 Å². The molecule has 0 bridgehead atoms. The van der Waals surface area contributed by atoms with Crippen LogP contribution in [0, 0.1) is 6.92 Å². The summed E-state index contributed by atoms with van der Waals surface area (Å²) >= 11 is 0. The molecule has 3 heterocycles. The zero-order valence-corrected chi connectivity index (χ0v) is 13.4. The number of nitrogens with zero attached hydrogens (tertiary/aromatic N) is 4. The molecule has 1 aromatic heterocycles. The van der Waals surface area contributed by atoms with Gasteiger partial charge in [0.05, 0.1) is 0 Å². The van der Waals surface area contributed by atoms with E-state index >= 15 is 0 Å². The van der Waals surface area contributed by atoms with E-state index in [9.17, 15) is 4.79 Å². The number of aryl methyl sites for hydroxylation is 1. The Bertz CT molecular complexity index is 780. The van der Waals surface area contributed by atoms with Crippen LogP contribution >= 0.6 is 0 Å². The van der Waals surface area contributed by atoms with E-state index in [4.69, 9.17) is 9.47 Å². The van der Waals surface area contributed by atoms with Gasteiger partial charge in [-0.25, -0.2) is 9.97 Å². The topological polar surface area (TPSA) is 67.8 Å². The first-order valence-corrected chi connectivity index (χ1v) is 7.90. The van der Waals surface area contributed by atoms with E-state index in [0.29, 0.717) is 25.6 Å². The third-order valence-corrected chi connectivity index (χ3v) is 4.19. The summed E-state index contributed by atoms with van der Waals surface area (Å²) in [5.74, 6) is 2.19. The number of carbonyl (C=O) groups is 1. The lowest BCUT2D eigenvalue weighted by atomic mass is 10.1. The first kappa shape index (κ1) is 14.7. The van der Waals surface area contributed by atoms with Crippen molar-refractivity contribution in [1.82, 2.24) is 14.9 Å².